The lowest BCUT2D eigenvalue weighted by molar-refractivity contribution is 0.104. The number of carbonyl (C=O) groups excluding carboxylic acids is 1. The highest BCUT2D eigenvalue weighted by Gasteiger charge is 2.19. The van der Waals surface area contributed by atoms with E-state index in [1.165, 1.54) is 18.7 Å². The van der Waals surface area contributed by atoms with Crippen molar-refractivity contribution in [3.05, 3.63) is 76.6 Å². The first-order chi connectivity index (χ1) is 12.6. The third-order valence-corrected chi connectivity index (χ3v) is 4.35. The number of nitrogens with one attached hydrogen (secondary N) is 1. The molecule has 1 aromatic carbocycles. The number of halogens is 2. The largest absolute Gasteiger partial charge is 0.454 e. The second-order valence-electron chi connectivity index (χ2n) is 5.37. The zero-order valence-corrected chi connectivity index (χ0v) is 14.6. The fraction of sp³-hybridized carbons (Fsp3) is 0. The van der Waals surface area contributed by atoms with Gasteiger partial charge in [0.1, 0.15) is 17.7 Å². The number of aromatic amines is 1. The van der Waals surface area contributed by atoms with Gasteiger partial charge in [-0.2, -0.15) is 0 Å². The summed E-state index contributed by atoms with van der Waals surface area (Å²) in [4.78, 5) is 27.8. The lowest BCUT2D eigenvalue weighted by Gasteiger charge is -2.08. The first-order valence-electron chi connectivity index (χ1n) is 7.52. The van der Waals surface area contributed by atoms with Gasteiger partial charge in [-0.25, -0.2) is 15.0 Å². The van der Waals surface area contributed by atoms with Crippen LogP contribution in [-0.2, 0) is 0 Å². The van der Waals surface area contributed by atoms with Gasteiger partial charge in [-0.15, -0.1) is 0 Å². The van der Waals surface area contributed by atoms with E-state index >= 15 is 0 Å². The first-order valence-corrected chi connectivity index (χ1v) is 8.28. The zero-order valence-electron chi connectivity index (χ0n) is 13.1. The average Bonchev–Trinajstić information content (AvgIpc) is 3.08. The van der Waals surface area contributed by atoms with Gasteiger partial charge in [0, 0.05) is 29.4 Å². The molecule has 8 heteroatoms. The van der Waals surface area contributed by atoms with Gasteiger partial charge in [0.25, 0.3) is 0 Å². The summed E-state index contributed by atoms with van der Waals surface area (Å²) in [7, 11) is 0. The van der Waals surface area contributed by atoms with Crippen LogP contribution in [0, 0.1) is 0 Å². The lowest BCUT2D eigenvalue weighted by Crippen LogP contribution is -2.02. The van der Waals surface area contributed by atoms with E-state index in [-0.39, 0.29) is 10.8 Å². The van der Waals surface area contributed by atoms with E-state index in [1.807, 2.05) is 0 Å². The molecule has 0 saturated carbocycles. The lowest BCUT2D eigenvalue weighted by atomic mass is 10.0. The molecule has 0 atom stereocenters. The van der Waals surface area contributed by atoms with E-state index in [2.05, 4.69) is 19.9 Å². The molecule has 3 aromatic heterocycles. The maximum Gasteiger partial charge on any atom is 0.196 e. The van der Waals surface area contributed by atoms with Crippen molar-refractivity contribution < 1.29 is 9.53 Å². The van der Waals surface area contributed by atoms with Gasteiger partial charge in [0.05, 0.1) is 28.0 Å². The summed E-state index contributed by atoms with van der Waals surface area (Å²) >= 11 is 12.5. The number of aromatic nitrogens is 4. The highest BCUT2D eigenvalue weighted by molar-refractivity contribution is 6.39. The highest BCUT2D eigenvalue weighted by atomic mass is 35.5. The minimum absolute atomic E-state index is 0.259. The molecular weight excluding hydrogens is 375 g/mol. The van der Waals surface area contributed by atoms with Crippen molar-refractivity contribution in [2.45, 2.75) is 0 Å². The molecule has 0 amide bonds. The fourth-order valence-corrected chi connectivity index (χ4v) is 3.06. The summed E-state index contributed by atoms with van der Waals surface area (Å²) in [6.07, 6.45) is 7.61. The maximum atomic E-state index is 12.9. The number of carbonyl (C=O) groups is 1. The number of H-pyrrole nitrogens is 1. The van der Waals surface area contributed by atoms with Gasteiger partial charge in [-0.3, -0.25) is 4.79 Å². The molecular formula is C18H10Cl2N4O2. The van der Waals surface area contributed by atoms with Crippen molar-refractivity contribution in [2.75, 3.05) is 0 Å². The minimum Gasteiger partial charge on any atom is -0.454 e. The number of rotatable bonds is 4. The number of fused-ring (bicyclic) bond motifs is 1. The minimum atomic E-state index is -0.259. The number of hydrogen-bond acceptors (Lipinski definition) is 5. The Labute approximate surface area is 157 Å². The van der Waals surface area contributed by atoms with E-state index in [0.717, 1.165) is 0 Å². The molecule has 0 saturated heterocycles. The van der Waals surface area contributed by atoms with Crippen LogP contribution in [0.1, 0.15) is 15.9 Å². The molecule has 1 N–H and O–H groups in total. The number of ether oxygens (including phenoxy) is 1. The quantitative estimate of drug-likeness (QED) is 0.516. The Balaban J connectivity index is 1.68. The molecule has 0 spiro atoms. The van der Waals surface area contributed by atoms with Crippen LogP contribution < -0.4 is 4.74 Å². The Morgan fingerprint density at radius 3 is 2.58 bits per heavy atom. The summed E-state index contributed by atoms with van der Waals surface area (Å²) in [6.45, 7) is 0. The molecule has 0 bridgehead atoms. The first kappa shape index (κ1) is 16.5. The maximum absolute atomic E-state index is 12.9. The normalized spacial score (nSPS) is 10.8. The number of hydrogen-bond donors (Lipinski definition) is 1. The Morgan fingerprint density at radius 1 is 1.00 bits per heavy atom. The number of benzene rings is 1. The van der Waals surface area contributed by atoms with Gasteiger partial charge < -0.3 is 9.72 Å². The Hall–Kier alpha value is -2.96. The standard InChI is InChI=1S/C18H10Cl2N4O2/c19-14-3-4-23-18-16(14)13(8-24-18)17(25)12-2-1-10(5-15(12)20)26-11-6-21-9-22-7-11/h1-9H,(H,23,24). The van der Waals surface area contributed by atoms with Gasteiger partial charge in [0.2, 0.25) is 0 Å². The van der Waals surface area contributed by atoms with Gasteiger partial charge >= 0.3 is 0 Å². The van der Waals surface area contributed by atoms with E-state index < -0.39 is 0 Å². The molecule has 4 rings (SSSR count). The molecule has 0 radical (unpaired) electrons. The van der Waals surface area contributed by atoms with Gasteiger partial charge in [-0.1, -0.05) is 23.2 Å². The van der Waals surface area contributed by atoms with Crippen LogP contribution in [0.15, 0.2) is 55.4 Å². The second kappa shape index (κ2) is 6.74. The highest BCUT2D eigenvalue weighted by Crippen LogP contribution is 2.31. The van der Waals surface area contributed by atoms with Crippen molar-refractivity contribution in [1.29, 1.82) is 0 Å². The molecule has 26 heavy (non-hydrogen) atoms. The summed E-state index contributed by atoms with van der Waals surface area (Å²) in [5.74, 6) is 0.683. The molecule has 6 nitrogen and oxygen atoms in total. The molecule has 0 fully saturated rings. The molecule has 0 aliphatic rings. The van der Waals surface area contributed by atoms with Crippen molar-refractivity contribution in [2.24, 2.45) is 0 Å². The predicted octanol–water partition coefficient (Wildman–Crippen LogP) is 4.68. The van der Waals surface area contributed by atoms with Gasteiger partial charge in [-0.05, 0) is 18.2 Å². The van der Waals surface area contributed by atoms with Gasteiger partial charge in [0.15, 0.2) is 11.5 Å². The summed E-state index contributed by atoms with van der Waals surface area (Å²) in [6, 6.07) is 6.46. The predicted molar refractivity (Wildman–Crippen MR) is 98.1 cm³/mol. The van der Waals surface area contributed by atoms with Crippen molar-refractivity contribution in [3.8, 4) is 11.5 Å². The molecule has 0 unspecified atom stereocenters. The van der Waals surface area contributed by atoms with Crippen LogP contribution in [0.25, 0.3) is 11.0 Å². The third-order valence-electron chi connectivity index (χ3n) is 3.73. The van der Waals surface area contributed by atoms with Crippen LogP contribution in [0.4, 0.5) is 0 Å². The van der Waals surface area contributed by atoms with Crippen LogP contribution in [0.2, 0.25) is 10.0 Å². The van der Waals surface area contributed by atoms with Crippen LogP contribution >= 0.6 is 23.2 Å². The molecule has 0 aliphatic carbocycles. The average molecular weight is 385 g/mol. The van der Waals surface area contributed by atoms with E-state index in [1.54, 1.807) is 36.7 Å². The third kappa shape index (κ3) is 3.00. The van der Waals surface area contributed by atoms with Crippen LogP contribution in [0.5, 0.6) is 11.5 Å². The Bertz CT molecular complexity index is 1110. The number of ketones is 1. The van der Waals surface area contributed by atoms with E-state index in [9.17, 15) is 4.79 Å². The molecule has 128 valence electrons. The summed E-state index contributed by atoms with van der Waals surface area (Å²) < 4.78 is 5.62. The van der Waals surface area contributed by atoms with Crippen molar-refractivity contribution in [3.63, 3.8) is 0 Å². The number of pyridine rings is 1. The Morgan fingerprint density at radius 2 is 1.81 bits per heavy atom. The van der Waals surface area contributed by atoms with Crippen LogP contribution in [-0.4, -0.2) is 25.7 Å². The molecule has 0 aliphatic heterocycles. The molecule has 4 aromatic rings. The summed E-state index contributed by atoms with van der Waals surface area (Å²) in [5, 5.41) is 1.27. The fourth-order valence-electron chi connectivity index (χ4n) is 2.56. The zero-order chi connectivity index (χ0) is 18.1. The van der Waals surface area contributed by atoms with E-state index in [4.69, 9.17) is 27.9 Å². The van der Waals surface area contributed by atoms with Crippen molar-refractivity contribution in [1.82, 2.24) is 19.9 Å². The Kier molecular flexibility index (Phi) is 4.28. The van der Waals surface area contributed by atoms with E-state index in [0.29, 0.717) is 38.7 Å². The smallest absolute Gasteiger partial charge is 0.196 e. The molecule has 3 heterocycles. The SMILES string of the molecule is O=C(c1ccc(Oc2cncnc2)cc1Cl)c1c[nH]c2nccc(Cl)c12. The summed E-state index contributed by atoms with van der Waals surface area (Å²) in [5.41, 5.74) is 1.29. The monoisotopic (exact) mass is 384 g/mol. The van der Waals surface area contributed by atoms with Crippen molar-refractivity contribution >= 4 is 40.0 Å². The number of nitrogens with zero attached hydrogens (tertiary/aromatic N) is 3. The van der Waals surface area contributed by atoms with Crippen LogP contribution in [0.3, 0.4) is 0 Å². The second-order valence-corrected chi connectivity index (χ2v) is 6.18. The topological polar surface area (TPSA) is 80.8 Å².